The van der Waals surface area contributed by atoms with Crippen LogP contribution in [-0.4, -0.2) is 76.1 Å². The first-order valence-corrected chi connectivity index (χ1v) is 9.84. The van der Waals surface area contributed by atoms with Crippen molar-refractivity contribution in [3.8, 4) is 45.8 Å². The summed E-state index contributed by atoms with van der Waals surface area (Å²) < 4.78 is 27.4. The maximum Gasteiger partial charge on any atom is 0.402 e. The molecule has 6 N–H and O–H groups in total. The molecule has 0 bridgehead atoms. The first-order valence-electron chi connectivity index (χ1n) is 9.84. The molecule has 0 amide bonds. The Morgan fingerprint density at radius 3 is 2.15 bits per heavy atom. The summed E-state index contributed by atoms with van der Waals surface area (Å²) in [5, 5.41) is 60.5. The predicted molar refractivity (Wildman–Crippen MR) is 113 cm³/mol. The molecule has 11 nitrogen and oxygen atoms in total. The van der Waals surface area contributed by atoms with Crippen molar-refractivity contribution in [2.24, 2.45) is 0 Å². The Morgan fingerprint density at radius 1 is 0.882 bits per heavy atom. The molecular weight excluding hydrogens is 476 g/mol. The largest absolute Gasteiger partial charge is 1.00 e. The van der Waals surface area contributed by atoms with Crippen molar-refractivity contribution in [1.29, 1.82) is 0 Å². The summed E-state index contributed by atoms with van der Waals surface area (Å²) in [7, 11) is 2.70. The van der Waals surface area contributed by atoms with Crippen molar-refractivity contribution in [2.75, 3.05) is 20.8 Å². The highest BCUT2D eigenvalue weighted by molar-refractivity contribution is 5.88. The number of hydrogen-bond acceptors (Lipinski definition) is 10. The molecular formula is C22H23ClO11. The van der Waals surface area contributed by atoms with Crippen LogP contribution in [0.1, 0.15) is 0 Å². The van der Waals surface area contributed by atoms with Gasteiger partial charge in [-0.05, 0) is 0 Å². The molecule has 184 valence electrons. The summed E-state index contributed by atoms with van der Waals surface area (Å²) in [4.78, 5) is 0. The van der Waals surface area contributed by atoms with E-state index in [1.165, 1.54) is 38.5 Å². The maximum atomic E-state index is 10.3. The standard InChI is InChI=1S/C22H22O11.ClH/c1-29-15-3-9(4-16(30-2)19(15)27)21-17(33-22-20(28)18(26)13(25)8-31-22)7-11-12(24)5-10(23)6-14(11)32-21;/h3-7,13,18,20,22,25-26,28H,8H2,1-2H3,(H2-,23,24,27);1H/t13-,18-,20+,22-;/m0./s1. The average Bonchev–Trinajstić information content (AvgIpc) is 2.79. The number of phenols is 3. The minimum atomic E-state index is -1.59. The number of halogens is 1. The topological polar surface area (TPSA) is 170 Å². The minimum absolute atomic E-state index is 0. The third-order valence-corrected chi connectivity index (χ3v) is 5.26. The van der Waals surface area contributed by atoms with Gasteiger partial charge in [0, 0.05) is 24.3 Å². The van der Waals surface area contributed by atoms with Crippen LogP contribution in [0.3, 0.4) is 0 Å². The number of benzene rings is 2. The van der Waals surface area contributed by atoms with E-state index in [0.29, 0.717) is 5.56 Å². The van der Waals surface area contributed by atoms with E-state index in [2.05, 4.69) is 0 Å². The number of fused-ring (bicyclic) bond motifs is 1. The van der Waals surface area contributed by atoms with Gasteiger partial charge in [-0.3, -0.25) is 0 Å². The Hall–Kier alpha value is -3.22. The SMILES string of the molecule is COc1cc(-c2[o+]c3cc(O)cc(O)c3cc2O[C@@H]2OC[C@H](O)[C@H](O)[C@H]2O)cc(OC)c1O.[Cl-]. The zero-order valence-corrected chi connectivity index (χ0v) is 18.8. The van der Waals surface area contributed by atoms with Gasteiger partial charge in [-0.1, -0.05) is 0 Å². The van der Waals surface area contributed by atoms with Gasteiger partial charge in [-0.2, -0.15) is 0 Å². The van der Waals surface area contributed by atoms with Crippen LogP contribution in [-0.2, 0) is 4.74 Å². The highest BCUT2D eigenvalue weighted by atomic mass is 35.5. The lowest BCUT2D eigenvalue weighted by atomic mass is 10.1. The summed E-state index contributed by atoms with van der Waals surface area (Å²) in [5.41, 5.74) is 0.411. The molecule has 0 unspecified atom stereocenters. The summed E-state index contributed by atoms with van der Waals surface area (Å²) in [6.07, 6.45) is -5.77. The van der Waals surface area contributed by atoms with Crippen LogP contribution in [0.4, 0.5) is 0 Å². The van der Waals surface area contributed by atoms with Crippen LogP contribution in [0.15, 0.2) is 34.7 Å². The monoisotopic (exact) mass is 498 g/mol. The molecule has 2 heterocycles. The van der Waals surface area contributed by atoms with Crippen molar-refractivity contribution in [1.82, 2.24) is 0 Å². The van der Waals surface area contributed by atoms with Crippen molar-refractivity contribution in [3.05, 3.63) is 30.3 Å². The molecule has 1 aromatic heterocycles. The number of aromatic hydroxyl groups is 3. The number of rotatable bonds is 5. The number of hydrogen-bond donors (Lipinski definition) is 6. The Morgan fingerprint density at radius 2 is 1.53 bits per heavy atom. The third kappa shape index (κ3) is 4.56. The van der Waals surface area contributed by atoms with E-state index in [0.717, 1.165) is 6.07 Å². The lowest BCUT2D eigenvalue weighted by Crippen LogP contribution is -3.00. The number of aliphatic hydroxyl groups excluding tert-OH is 3. The Labute approximate surface area is 199 Å². The summed E-state index contributed by atoms with van der Waals surface area (Å²) in [6.45, 7) is -0.289. The molecule has 0 aliphatic carbocycles. The summed E-state index contributed by atoms with van der Waals surface area (Å²) in [5.74, 6) is -0.635. The lowest BCUT2D eigenvalue weighted by molar-refractivity contribution is -0.242. The summed E-state index contributed by atoms with van der Waals surface area (Å²) in [6, 6.07) is 6.66. The van der Waals surface area contributed by atoms with Crippen LogP contribution < -0.4 is 26.6 Å². The molecule has 0 saturated carbocycles. The minimum Gasteiger partial charge on any atom is -1.00 e. The molecule has 1 aliphatic rings. The zero-order chi connectivity index (χ0) is 23.9. The van der Waals surface area contributed by atoms with Gasteiger partial charge in [-0.15, -0.1) is 0 Å². The van der Waals surface area contributed by atoms with Crippen LogP contribution in [0, 0.1) is 0 Å². The highest BCUT2D eigenvalue weighted by Crippen LogP contribution is 2.45. The third-order valence-electron chi connectivity index (χ3n) is 5.26. The Kier molecular flexibility index (Phi) is 7.44. The first kappa shape index (κ1) is 25.4. The maximum absolute atomic E-state index is 10.3. The molecule has 12 heteroatoms. The number of aliphatic hydroxyl groups is 3. The molecule has 4 atom stereocenters. The van der Waals surface area contributed by atoms with Gasteiger partial charge in [-0.25, -0.2) is 4.42 Å². The number of ether oxygens (including phenoxy) is 4. The van der Waals surface area contributed by atoms with Crippen LogP contribution in [0.25, 0.3) is 22.3 Å². The van der Waals surface area contributed by atoms with E-state index < -0.39 is 24.6 Å². The van der Waals surface area contributed by atoms with Crippen molar-refractivity contribution >= 4 is 11.0 Å². The van der Waals surface area contributed by atoms with E-state index in [1.54, 1.807) is 0 Å². The zero-order valence-electron chi connectivity index (χ0n) is 18.0. The van der Waals surface area contributed by atoms with E-state index in [4.69, 9.17) is 23.4 Å². The predicted octanol–water partition coefficient (Wildman–Crippen LogP) is -1.66. The molecule has 1 saturated heterocycles. The van der Waals surface area contributed by atoms with Gasteiger partial charge >= 0.3 is 11.3 Å². The molecule has 2 aromatic carbocycles. The lowest BCUT2D eigenvalue weighted by Gasteiger charge is -2.34. The molecule has 4 rings (SSSR count). The molecule has 34 heavy (non-hydrogen) atoms. The van der Waals surface area contributed by atoms with Gasteiger partial charge in [0.1, 0.15) is 35.2 Å². The second-order valence-electron chi connectivity index (χ2n) is 7.41. The van der Waals surface area contributed by atoms with E-state index in [-0.39, 0.29) is 70.2 Å². The average molecular weight is 499 g/mol. The van der Waals surface area contributed by atoms with Gasteiger partial charge in [0.05, 0.1) is 32.5 Å². The Balaban J connectivity index is 0.00000324. The van der Waals surface area contributed by atoms with Crippen molar-refractivity contribution in [3.63, 3.8) is 0 Å². The molecule has 1 fully saturated rings. The van der Waals surface area contributed by atoms with Crippen LogP contribution in [0.5, 0.6) is 34.5 Å². The fourth-order valence-corrected chi connectivity index (χ4v) is 3.51. The fraction of sp³-hybridized carbons (Fsp3) is 0.318. The molecule has 0 spiro atoms. The number of phenolic OH excluding ortho intramolecular Hbond substituents is 3. The molecule has 1 aliphatic heterocycles. The highest BCUT2D eigenvalue weighted by Gasteiger charge is 2.40. The van der Waals surface area contributed by atoms with Crippen LogP contribution in [0.2, 0.25) is 0 Å². The van der Waals surface area contributed by atoms with E-state index >= 15 is 0 Å². The van der Waals surface area contributed by atoms with Crippen LogP contribution >= 0.6 is 0 Å². The van der Waals surface area contributed by atoms with Gasteiger partial charge in [0.2, 0.25) is 17.8 Å². The van der Waals surface area contributed by atoms with E-state index in [1.807, 2.05) is 0 Å². The Bertz CT molecular complexity index is 1160. The summed E-state index contributed by atoms with van der Waals surface area (Å²) >= 11 is 0. The normalized spacial score (nSPS) is 22.1. The van der Waals surface area contributed by atoms with Crippen molar-refractivity contribution < 1.29 is 66.4 Å². The molecule has 0 radical (unpaired) electrons. The second-order valence-corrected chi connectivity index (χ2v) is 7.41. The smallest absolute Gasteiger partial charge is 0.402 e. The van der Waals surface area contributed by atoms with Gasteiger partial charge < -0.3 is 62.0 Å². The van der Waals surface area contributed by atoms with Gasteiger partial charge in [0.25, 0.3) is 0 Å². The van der Waals surface area contributed by atoms with E-state index in [9.17, 15) is 30.6 Å². The van der Waals surface area contributed by atoms with Crippen molar-refractivity contribution in [2.45, 2.75) is 24.6 Å². The fourth-order valence-electron chi connectivity index (χ4n) is 3.51. The first-order chi connectivity index (χ1) is 15.7. The van der Waals surface area contributed by atoms with Gasteiger partial charge in [0.15, 0.2) is 11.5 Å². The second kappa shape index (κ2) is 9.95. The molecule has 3 aromatic rings. The number of methoxy groups -OCH3 is 2. The quantitative estimate of drug-likeness (QED) is 0.222.